The molecule has 112 valence electrons. The fourth-order valence-electron chi connectivity index (χ4n) is 2.06. The van der Waals surface area contributed by atoms with Crippen molar-refractivity contribution in [3.05, 3.63) is 35.9 Å². The van der Waals surface area contributed by atoms with Crippen molar-refractivity contribution < 1.29 is 9.47 Å². The van der Waals surface area contributed by atoms with Crippen LogP contribution in [0.25, 0.3) is 0 Å². The fourth-order valence-corrected chi connectivity index (χ4v) is 2.06. The van der Waals surface area contributed by atoms with Gasteiger partial charge in [0.15, 0.2) is 0 Å². The summed E-state index contributed by atoms with van der Waals surface area (Å²) in [6, 6.07) is 9.93. The maximum Gasteiger partial charge on any atom is 0.0995 e. The van der Waals surface area contributed by atoms with Crippen molar-refractivity contribution in [1.82, 2.24) is 4.90 Å². The summed E-state index contributed by atoms with van der Waals surface area (Å²) in [7, 11) is 3.38. The number of benzene rings is 1. The number of hydrogen-bond acceptors (Lipinski definition) is 4. The van der Waals surface area contributed by atoms with Gasteiger partial charge in [0.1, 0.15) is 0 Å². The lowest BCUT2D eigenvalue weighted by Gasteiger charge is -2.26. The Labute approximate surface area is 121 Å². The van der Waals surface area contributed by atoms with Gasteiger partial charge in [-0.1, -0.05) is 30.3 Å². The van der Waals surface area contributed by atoms with E-state index in [4.69, 9.17) is 20.6 Å². The molecular weight excluding hydrogens is 254 g/mol. The van der Waals surface area contributed by atoms with E-state index in [1.54, 1.807) is 14.2 Å². The third-order valence-corrected chi connectivity index (χ3v) is 3.24. The summed E-state index contributed by atoms with van der Waals surface area (Å²) in [5.74, 6) is 0.0981. The third kappa shape index (κ3) is 5.69. The number of amidine groups is 1. The van der Waals surface area contributed by atoms with Gasteiger partial charge in [-0.25, -0.2) is 0 Å². The third-order valence-electron chi connectivity index (χ3n) is 3.24. The largest absolute Gasteiger partial charge is 0.387 e. The monoisotopic (exact) mass is 279 g/mol. The van der Waals surface area contributed by atoms with Crippen LogP contribution < -0.4 is 5.73 Å². The maximum atomic E-state index is 7.83. The Kier molecular flexibility index (Phi) is 7.87. The van der Waals surface area contributed by atoms with Crippen molar-refractivity contribution in [3.8, 4) is 0 Å². The molecule has 1 unspecified atom stereocenters. The Hall–Kier alpha value is -1.43. The maximum absolute atomic E-state index is 7.83. The van der Waals surface area contributed by atoms with E-state index >= 15 is 0 Å². The van der Waals surface area contributed by atoms with Gasteiger partial charge >= 0.3 is 0 Å². The summed E-state index contributed by atoms with van der Waals surface area (Å²) in [4.78, 5) is 2.21. The van der Waals surface area contributed by atoms with Gasteiger partial charge in [0, 0.05) is 33.9 Å². The number of nitrogens with two attached hydrogens (primary N) is 1. The first-order valence-corrected chi connectivity index (χ1v) is 6.78. The summed E-state index contributed by atoms with van der Waals surface area (Å²) < 4.78 is 10.3. The van der Waals surface area contributed by atoms with Crippen molar-refractivity contribution >= 4 is 5.84 Å². The lowest BCUT2D eigenvalue weighted by atomic mass is 9.97. The summed E-state index contributed by atoms with van der Waals surface area (Å²) in [5, 5.41) is 7.83. The first kappa shape index (κ1) is 16.6. The van der Waals surface area contributed by atoms with Crippen LogP contribution in [0.4, 0.5) is 0 Å². The molecule has 1 atom stereocenters. The lowest BCUT2D eigenvalue weighted by Crippen LogP contribution is -2.38. The highest BCUT2D eigenvalue weighted by molar-refractivity contribution is 5.84. The SMILES string of the molecule is COCCN(CCOC)CC(C(=N)N)c1ccccc1. The second-order valence-corrected chi connectivity index (χ2v) is 4.70. The van der Waals surface area contributed by atoms with Crippen molar-refractivity contribution in [3.63, 3.8) is 0 Å². The number of nitrogens with zero attached hydrogens (tertiary/aromatic N) is 1. The highest BCUT2D eigenvalue weighted by Crippen LogP contribution is 2.16. The number of nitrogens with one attached hydrogen (secondary N) is 1. The molecule has 5 nitrogen and oxygen atoms in total. The number of ether oxygens (including phenoxy) is 2. The minimum atomic E-state index is -0.0927. The molecule has 1 aromatic carbocycles. The molecule has 0 bridgehead atoms. The standard InChI is InChI=1S/C15H25N3O2/c1-19-10-8-18(9-11-20-2)12-14(15(16)17)13-6-4-3-5-7-13/h3-7,14H,8-12H2,1-2H3,(H3,16,17). The molecule has 1 aromatic rings. The van der Waals surface area contributed by atoms with E-state index in [1.807, 2.05) is 30.3 Å². The van der Waals surface area contributed by atoms with E-state index in [-0.39, 0.29) is 11.8 Å². The molecule has 0 aromatic heterocycles. The molecule has 3 N–H and O–H groups in total. The average Bonchev–Trinajstić information content (AvgIpc) is 2.47. The van der Waals surface area contributed by atoms with Crippen molar-refractivity contribution in [1.29, 1.82) is 5.41 Å². The molecule has 20 heavy (non-hydrogen) atoms. The molecule has 0 heterocycles. The van der Waals surface area contributed by atoms with Crippen LogP contribution in [0.1, 0.15) is 11.5 Å². The normalized spacial score (nSPS) is 12.6. The average molecular weight is 279 g/mol. The van der Waals surface area contributed by atoms with E-state index in [9.17, 15) is 0 Å². The Morgan fingerprint density at radius 3 is 2.15 bits per heavy atom. The quantitative estimate of drug-likeness (QED) is 0.500. The number of methoxy groups -OCH3 is 2. The van der Waals surface area contributed by atoms with Crippen LogP contribution >= 0.6 is 0 Å². The van der Waals surface area contributed by atoms with Crippen LogP contribution in [-0.2, 0) is 9.47 Å². The molecule has 0 amide bonds. The van der Waals surface area contributed by atoms with E-state index < -0.39 is 0 Å². The van der Waals surface area contributed by atoms with Gasteiger partial charge in [0.2, 0.25) is 0 Å². The number of hydrogen-bond donors (Lipinski definition) is 2. The molecule has 0 saturated heterocycles. The van der Waals surface area contributed by atoms with Gasteiger partial charge < -0.3 is 15.2 Å². The van der Waals surface area contributed by atoms with Crippen molar-refractivity contribution in [2.24, 2.45) is 5.73 Å². The Balaban J connectivity index is 2.72. The smallest absolute Gasteiger partial charge is 0.0995 e. The second kappa shape index (κ2) is 9.47. The summed E-state index contributed by atoms with van der Waals surface area (Å²) in [5.41, 5.74) is 6.84. The Bertz CT molecular complexity index is 376. The van der Waals surface area contributed by atoms with Crippen LogP contribution in [-0.4, -0.2) is 57.8 Å². The number of rotatable bonds is 10. The molecule has 5 heteroatoms. The van der Waals surface area contributed by atoms with E-state index in [2.05, 4.69) is 4.90 Å². The highest BCUT2D eigenvalue weighted by Gasteiger charge is 2.18. The van der Waals surface area contributed by atoms with E-state index in [0.29, 0.717) is 19.8 Å². The van der Waals surface area contributed by atoms with Gasteiger partial charge in [-0.05, 0) is 5.56 Å². The molecule has 0 aliphatic rings. The Morgan fingerprint density at radius 2 is 1.70 bits per heavy atom. The van der Waals surface area contributed by atoms with Gasteiger partial charge in [-0.2, -0.15) is 0 Å². The second-order valence-electron chi connectivity index (χ2n) is 4.70. The van der Waals surface area contributed by atoms with Crippen LogP contribution in [0.2, 0.25) is 0 Å². The highest BCUT2D eigenvalue weighted by atomic mass is 16.5. The van der Waals surface area contributed by atoms with Crippen LogP contribution in [0, 0.1) is 5.41 Å². The van der Waals surface area contributed by atoms with Gasteiger partial charge in [0.25, 0.3) is 0 Å². The minimum absolute atomic E-state index is 0.0927. The zero-order valence-corrected chi connectivity index (χ0v) is 12.3. The topological polar surface area (TPSA) is 71.6 Å². The van der Waals surface area contributed by atoms with Gasteiger partial charge in [0.05, 0.1) is 25.0 Å². The van der Waals surface area contributed by atoms with Crippen LogP contribution in [0.5, 0.6) is 0 Å². The predicted octanol–water partition coefficient (Wildman–Crippen LogP) is 1.30. The van der Waals surface area contributed by atoms with Crippen LogP contribution in [0.3, 0.4) is 0 Å². The molecule has 1 rings (SSSR count). The minimum Gasteiger partial charge on any atom is -0.387 e. The van der Waals surface area contributed by atoms with Crippen LogP contribution in [0.15, 0.2) is 30.3 Å². The first-order chi connectivity index (χ1) is 9.69. The van der Waals surface area contributed by atoms with E-state index in [0.717, 1.165) is 18.7 Å². The zero-order chi connectivity index (χ0) is 14.8. The first-order valence-electron chi connectivity index (χ1n) is 6.78. The molecule has 0 fully saturated rings. The van der Waals surface area contributed by atoms with Crippen molar-refractivity contribution in [2.75, 3.05) is 47.1 Å². The molecule has 0 aliphatic carbocycles. The molecule has 0 radical (unpaired) electrons. The Morgan fingerprint density at radius 1 is 1.15 bits per heavy atom. The summed E-state index contributed by atoms with van der Waals surface area (Å²) in [6.45, 7) is 3.62. The summed E-state index contributed by atoms with van der Waals surface area (Å²) >= 11 is 0. The van der Waals surface area contributed by atoms with Gasteiger partial charge in [-0.3, -0.25) is 10.3 Å². The lowest BCUT2D eigenvalue weighted by molar-refractivity contribution is 0.113. The molecule has 0 saturated carbocycles. The zero-order valence-electron chi connectivity index (χ0n) is 12.3. The van der Waals surface area contributed by atoms with E-state index in [1.165, 1.54) is 0 Å². The molecule has 0 spiro atoms. The predicted molar refractivity (Wildman–Crippen MR) is 81.3 cm³/mol. The molecular formula is C15H25N3O2. The summed E-state index contributed by atoms with van der Waals surface area (Å²) in [6.07, 6.45) is 0. The van der Waals surface area contributed by atoms with Crippen molar-refractivity contribution in [2.45, 2.75) is 5.92 Å². The molecule has 0 aliphatic heterocycles. The fraction of sp³-hybridized carbons (Fsp3) is 0.533. The van der Waals surface area contributed by atoms with Gasteiger partial charge in [-0.15, -0.1) is 0 Å².